The minimum absolute atomic E-state index is 0.0786. The van der Waals surface area contributed by atoms with Crippen LogP contribution in [0.4, 0.5) is 5.69 Å². The largest absolute Gasteiger partial charge is 0.466 e. The molecule has 0 aromatic heterocycles. The van der Waals surface area contributed by atoms with Gasteiger partial charge < -0.3 is 14.4 Å². The van der Waals surface area contributed by atoms with Crippen molar-refractivity contribution in [2.24, 2.45) is 0 Å². The van der Waals surface area contributed by atoms with Crippen molar-refractivity contribution < 1.29 is 9.53 Å². The number of fused-ring (bicyclic) bond motifs is 2. The van der Waals surface area contributed by atoms with E-state index in [1.54, 1.807) is 11.9 Å². The average Bonchev–Trinajstić information content (AvgIpc) is 2.82. The molecule has 1 unspecified atom stereocenters. The lowest BCUT2D eigenvalue weighted by Gasteiger charge is -2.22. The molecule has 0 saturated carbocycles. The second-order valence-electron chi connectivity index (χ2n) is 7.19. The molecular formula is C23H29BrN2O2S. The third kappa shape index (κ3) is 6.00. The van der Waals surface area contributed by atoms with E-state index in [1.165, 1.54) is 21.7 Å². The van der Waals surface area contributed by atoms with Gasteiger partial charge in [-0.2, -0.15) is 0 Å². The summed E-state index contributed by atoms with van der Waals surface area (Å²) in [4.78, 5) is 12.7. The second kappa shape index (κ2) is 11.0. The van der Waals surface area contributed by atoms with E-state index in [-0.39, 0.29) is 12.0 Å². The van der Waals surface area contributed by atoms with E-state index in [0.29, 0.717) is 13.0 Å². The van der Waals surface area contributed by atoms with Gasteiger partial charge in [0.25, 0.3) is 0 Å². The van der Waals surface area contributed by atoms with Gasteiger partial charge in [-0.15, -0.1) is 0 Å². The summed E-state index contributed by atoms with van der Waals surface area (Å²) in [6, 6.07) is 15.3. The number of anilines is 1. The van der Waals surface area contributed by atoms with Gasteiger partial charge in [0.05, 0.1) is 18.3 Å². The second-order valence-corrected chi connectivity index (χ2v) is 9.27. The fourth-order valence-electron chi connectivity index (χ4n) is 3.66. The molecule has 3 rings (SSSR count). The first-order valence-electron chi connectivity index (χ1n) is 10.3. The highest BCUT2D eigenvalue weighted by molar-refractivity contribution is 9.10. The number of ether oxygens (including phenoxy) is 1. The van der Waals surface area contributed by atoms with Gasteiger partial charge in [-0.05, 0) is 67.6 Å². The third-order valence-electron chi connectivity index (χ3n) is 5.07. The molecule has 1 atom stereocenters. The maximum absolute atomic E-state index is 11.4. The van der Waals surface area contributed by atoms with Crippen LogP contribution in [0.2, 0.25) is 0 Å². The lowest BCUT2D eigenvalue weighted by atomic mass is 9.96. The van der Waals surface area contributed by atoms with Gasteiger partial charge in [-0.3, -0.25) is 4.79 Å². The quantitative estimate of drug-likeness (QED) is 0.269. The number of nitrogens with one attached hydrogen (secondary N) is 1. The first-order valence-corrected chi connectivity index (χ1v) is 11.9. The van der Waals surface area contributed by atoms with Crippen LogP contribution in [0, 0.1) is 0 Å². The third-order valence-corrected chi connectivity index (χ3v) is 6.58. The molecule has 1 aliphatic heterocycles. The average molecular weight is 477 g/mol. The molecule has 0 radical (unpaired) electrons. The van der Waals surface area contributed by atoms with Crippen molar-refractivity contribution >= 4 is 39.5 Å². The van der Waals surface area contributed by atoms with E-state index in [9.17, 15) is 4.79 Å². The number of carbonyl (C=O) groups is 1. The van der Waals surface area contributed by atoms with Crippen LogP contribution in [0.25, 0.3) is 0 Å². The zero-order chi connectivity index (χ0) is 20.6. The standard InChI is InChI=1S/C23H29BrN2O2S/c1-3-28-22(27)12-6-4-5-9-15-25-23-18-10-7-8-11-20(18)26(2)29-21-16-17(24)13-14-19(21)23/h7-8,10-11,13-14,16,23,25H,3-6,9,12,15H2,1-2H3. The van der Waals surface area contributed by atoms with E-state index in [4.69, 9.17) is 4.74 Å². The molecule has 2 aromatic rings. The minimum atomic E-state index is -0.0786. The molecule has 29 heavy (non-hydrogen) atoms. The Morgan fingerprint density at radius 1 is 1.14 bits per heavy atom. The molecule has 1 heterocycles. The van der Waals surface area contributed by atoms with E-state index >= 15 is 0 Å². The van der Waals surface area contributed by atoms with Gasteiger partial charge in [0, 0.05) is 22.8 Å². The Morgan fingerprint density at radius 2 is 1.93 bits per heavy atom. The summed E-state index contributed by atoms with van der Waals surface area (Å²) in [5, 5.41) is 3.79. The first-order chi connectivity index (χ1) is 14.1. The van der Waals surface area contributed by atoms with Gasteiger partial charge in [0.2, 0.25) is 0 Å². The van der Waals surface area contributed by atoms with Gasteiger partial charge in [-0.1, -0.05) is 53.0 Å². The number of benzene rings is 2. The van der Waals surface area contributed by atoms with Crippen molar-refractivity contribution in [2.75, 3.05) is 24.5 Å². The molecule has 156 valence electrons. The maximum Gasteiger partial charge on any atom is 0.305 e. The Labute approximate surface area is 186 Å². The first kappa shape index (κ1) is 22.2. The van der Waals surface area contributed by atoms with E-state index in [1.807, 2.05) is 6.92 Å². The topological polar surface area (TPSA) is 41.6 Å². The summed E-state index contributed by atoms with van der Waals surface area (Å²) in [7, 11) is 2.13. The summed E-state index contributed by atoms with van der Waals surface area (Å²) in [6.45, 7) is 3.27. The number of nitrogens with zero attached hydrogens (tertiary/aromatic N) is 1. The van der Waals surface area contributed by atoms with E-state index in [0.717, 1.165) is 36.7 Å². The molecule has 0 aliphatic carbocycles. The normalized spacial score (nSPS) is 15.4. The van der Waals surface area contributed by atoms with Crippen molar-refractivity contribution in [3.8, 4) is 0 Å². The summed E-state index contributed by atoms with van der Waals surface area (Å²) < 4.78 is 8.33. The maximum atomic E-state index is 11.4. The van der Waals surface area contributed by atoms with Crippen LogP contribution in [0.5, 0.6) is 0 Å². The highest BCUT2D eigenvalue weighted by Gasteiger charge is 2.26. The predicted molar refractivity (Wildman–Crippen MR) is 124 cm³/mol. The van der Waals surface area contributed by atoms with Gasteiger partial charge in [0.15, 0.2) is 0 Å². The summed E-state index contributed by atoms with van der Waals surface area (Å²) in [6.07, 6.45) is 4.70. The van der Waals surface area contributed by atoms with Crippen LogP contribution in [-0.2, 0) is 9.53 Å². The number of carbonyl (C=O) groups excluding carboxylic acids is 1. The van der Waals surface area contributed by atoms with Crippen molar-refractivity contribution in [2.45, 2.75) is 50.0 Å². The fraction of sp³-hybridized carbons (Fsp3) is 0.435. The number of unbranched alkanes of at least 4 members (excludes halogenated alkanes) is 3. The van der Waals surface area contributed by atoms with Crippen LogP contribution in [0.15, 0.2) is 51.8 Å². The molecule has 6 heteroatoms. The number of rotatable bonds is 9. The molecule has 1 aliphatic rings. The number of para-hydroxylation sites is 1. The Morgan fingerprint density at radius 3 is 2.76 bits per heavy atom. The minimum Gasteiger partial charge on any atom is -0.466 e. The molecule has 0 amide bonds. The van der Waals surface area contributed by atoms with Crippen molar-refractivity contribution in [3.05, 3.63) is 58.1 Å². The van der Waals surface area contributed by atoms with Crippen LogP contribution in [-0.4, -0.2) is 26.2 Å². The lowest BCUT2D eigenvalue weighted by Crippen LogP contribution is -2.24. The Hall–Kier alpha value is -1.50. The number of esters is 1. The lowest BCUT2D eigenvalue weighted by molar-refractivity contribution is -0.143. The highest BCUT2D eigenvalue weighted by atomic mass is 79.9. The Kier molecular flexibility index (Phi) is 8.45. The monoisotopic (exact) mass is 476 g/mol. The zero-order valence-electron chi connectivity index (χ0n) is 17.1. The molecule has 1 N–H and O–H groups in total. The van der Waals surface area contributed by atoms with Gasteiger partial charge in [-0.25, -0.2) is 0 Å². The Bertz CT molecular complexity index is 830. The van der Waals surface area contributed by atoms with Gasteiger partial charge in [0.1, 0.15) is 0 Å². The molecule has 0 spiro atoms. The van der Waals surface area contributed by atoms with Crippen molar-refractivity contribution in [1.29, 1.82) is 0 Å². The van der Waals surface area contributed by atoms with Gasteiger partial charge >= 0.3 is 5.97 Å². The fourth-order valence-corrected chi connectivity index (χ4v) is 5.20. The smallest absolute Gasteiger partial charge is 0.305 e. The molecule has 0 saturated heterocycles. The van der Waals surface area contributed by atoms with Crippen molar-refractivity contribution in [1.82, 2.24) is 5.32 Å². The number of hydrogen-bond acceptors (Lipinski definition) is 5. The van der Waals surface area contributed by atoms with Crippen LogP contribution >= 0.6 is 27.9 Å². The van der Waals surface area contributed by atoms with E-state index < -0.39 is 0 Å². The molecule has 2 aromatic carbocycles. The van der Waals surface area contributed by atoms with Crippen LogP contribution in [0.1, 0.15) is 56.2 Å². The SMILES string of the molecule is CCOC(=O)CCCCCCNC1c2ccc(Br)cc2SN(C)c2ccccc21. The van der Waals surface area contributed by atoms with Crippen molar-refractivity contribution in [3.63, 3.8) is 0 Å². The zero-order valence-corrected chi connectivity index (χ0v) is 19.5. The molecular weight excluding hydrogens is 448 g/mol. The molecule has 0 fully saturated rings. The molecule has 4 nitrogen and oxygen atoms in total. The summed E-state index contributed by atoms with van der Waals surface area (Å²) in [5.74, 6) is -0.0786. The summed E-state index contributed by atoms with van der Waals surface area (Å²) >= 11 is 5.38. The number of hydrogen-bond donors (Lipinski definition) is 1. The summed E-state index contributed by atoms with van der Waals surface area (Å²) in [5.41, 5.74) is 3.87. The number of halogens is 1. The van der Waals surface area contributed by atoms with E-state index in [2.05, 4.69) is 75.1 Å². The Balaban J connectivity index is 1.61. The van der Waals surface area contributed by atoms with Crippen LogP contribution < -0.4 is 9.62 Å². The predicted octanol–water partition coefficient (Wildman–Crippen LogP) is 6.10. The molecule has 0 bridgehead atoms. The van der Waals surface area contributed by atoms with Crippen LogP contribution in [0.3, 0.4) is 0 Å². The highest BCUT2D eigenvalue weighted by Crippen LogP contribution is 2.43.